The molecule has 6 heteroatoms. The topological polar surface area (TPSA) is 54.0 Å². The molecule has 0 radical (unpaired) electrons. The first-order valence-electron chi connectivity index (χ1n) is 10.8. The fourth-order valence-electron chi connectivity index (χ4n) is 3.55. The van der Waals surface area contributed by atoms with E-state index in [0.717, 1.165) is 32.6 Å². The second-order valence-corrected chi connectivity index (χ2v) is 7.49. The predicted molar refractivity (Wildman–Crippen MR) is 121 cm³/mol. The Kier molecular flexibility index (Phi) is 7.97. The van der Waals surface area contributed by atoms with Crippen LogP contribution in [0.1, 0.15) is 29.8 Å². The van der Waals surface area contributed by atoms with Gasteiger partial charge >= 0.3 is 0 Å². The van der Waals surface area contributed by atoms with Crippen molar-refractivity contribution in [3.63, 3.8) is 0 Å². The van der Waals surface area contributed by atoms with Crippen molar-refractivity contribution < 1.29 is 14.3 Å². The Morgan fingerprint density at radius 2 is 1.60 bits per heavy atom. The highest BCUT2D eigenvalue weighted by molar-refractivity contribution is 5.94. The molecule has 0 aliphatic carbocycles. The smallest absolute Gasteiger partial charge is 0.251 e. The van der Waals surface area contributed by atoms with Gasteiger partial charge in [-0.2, -0.15) is 0 Å². The first kappa shape index (κ1) is 22.0. The van der Waals surface area contributed by atoms with Gasteiger partial charge in [0, 0.05) is 44.0 Å². The van der Waals surface area contributed by atoms with Crippen molar-refractivity contribution >= 4 is 11.6 Å². The van der Waals surface area contributed by atoms with Crippen molar-refractivity contribution in [2.24, 2.45) is 0 Å². The summed E-state index contributed by atoms with van der Waals surface area (Å²) in [5.74, 6) is 1.16. The number of hydrogen-bond donors (Lipinski definition) is 1. The van der Waals surface area contributed by atoms with Gasteiger partial charge in [0.1, 0.15) is 0 Å². The second-order valence-electron chi connectivity index (χ2n) is 7.49. The number of carbonyl (C=O) groups is 1. The Hall–Kier alpha value is -2.73. The van der Waals surface area contributed by atoms with Crippen LogP contribution in [-0.2, 0) is 6.42 Å². The third-order valence-electron chi connectivity index (χ3n) is 5.31. The molecule has 2 aromatic carbocycles. The van der Waals surface area contributed by atoms with Gasteiger partial charge < -0.3 is 24.6 Å². The van der Waals surface area contributed by atoms with Crippen LogP contribution in [0, 0.1) is 0 Å². The van der Waals surface area contributed by atoms with Crippen LogP contribution >= 0.6 is 0 Å². The van der Waals surface area contributed by atoms with E-state index in [9.17, 15) is 4.79 Å². The first-order chi connectivity index (χ1) is 14.6. The van der Waals surface area contributed by atoms with E-state index in [0.29, 0.717) is 36.8 Å². The van der Waals surface area contributed by atoms with Crippen molar-refractivity contribution in [1.29, 1.82) is 0 Å². The molecular formula is C24H33N3O3. The molecule has 0 bridgehead atoms. The summed E-state index contributed by atoms with van der Waals surface area (Å²) >= 11 is 0. The van der Waals surface area contributed by atoms with Gasteiger partial charge in [-0.25, -0.2) is 0 Å². The fraction of sp³-hybridized carbons (Fsp3) is 0.458. The summed E-state index contributed by atoms with van der Waals surface area (Å²) in [6.45, 7) is 9.84. The molecule has 0 unspecified atom stereocenters. The molecule has 1 fully saturated rings. The lowest BCUT2D eigenvalue weighted by molar-refractivity contribution is 0.0953. The number of amides is 1. The van der Waals surface area contributed by atoms with E-state index >= 15 is 0 Å². The lowest BCUT2D eigenvalue weighted by Gasteiger charge is -2.34. The van der Waals surface area contributed by atoms with Gasteiger partial charge in [0.15, 0.2) is 11.5 Å². The van der Waals surface area contributed by atoms with E-state index in [1.165, 1.54) is 11.3 Å². The number of piperazine rings is 1. The van der Waals surface area contributed by atoms with Crippen LogP contribution in [0.3, 0.4) is 0 Å². The molecule has 1 aliphatic rings. The highest BCUT2D eigenvalue weighted by Gasteiger charge is 2.14. The molecule has 0 saturated carbocycles. The summed E-state index contributed by atoms with van der Waals surface area (Å²) in [5.41, 5.74) is 3.07. The van der Waals surface area contributed by atoms with Gasteiger partial charge in [0.2, 0.25) is 0 Å². The zero-order valence-electron chi connectivity index (χ0n) is 18.3. The van der Waals surface area contributed by atoms with Gasteiger partial charge in [-0.15, -0.1) is 0 Å². The molecule has 0 spiro atoms. The van der Waals surface area contributed by atoms with Gasteiger partial charge in [0.25, 0.3) is 5.91 Å². The van der Waals surface area contributed by atoms with Crippen LogP contribution < -0.4 is 19.7 Å². The van der Waals surface area contributed by atoms with Crippen molar-refractivity contribution in [2.45, 2.75) is 20.3 Å². The molecule has 1 heterocycles. The van der Waals surface area contributed by atoms with Crippen molar-refractivity contribution in [1.82, 2.24) is 10.2 Å². The lowest BCUT2D eigenvalue weighted by Crippen LogP contribution is -2.44. The maximum absolute atomic E-state index is 12.5. The summed E-state index contributed by atoms with van der Waals surface area (Å²) in [6, 6.07) is 14.0. The van der Waals surface area contributed by atoms with E-state index in [-0.39, 0.29) is 5.91 Å². The lowest BCUT2D eigenvalue weighted by atomic mass is 10.1. The Bertz CT molecular complexity index is 815. The average Bonchev–Trinajstić information content (AvgIpc) is 2.76. The number of nitrogens with one attached hydrogen (secondary N) is 1. The van der Waals surface area contributed by atoms with Gasteiger partial charge in [0.05, 0.1) is 13.2 Å². The van der Waals surface area contributed by atoms with Crippen molar-refractivity contribution in [2.75, 3.05) is 57.9 Å². The van der Waals surface area contributed by atoms with E-state index in [2.05, 4.69) is 46.4 Å². The first-order valence-corrected chi connectivity index (χ1v) is 10.8. The minimum atomic E-state index is -0.104. The van der Waals surface area contributed by atoms with Crippen LogP contribution in [0.25, 0.3) is 0 Å². The third-order valence-corrected chi connectivity index (χ3v) is 5.31. The van der Waals surface area contributed by atoms with Crippen LogP contribution in [0.15, 0.2) is 42.5 Å². The van der Waals surface area contributed by atoms with Crippen LogP contribution in [0.4, 0.5) is 5.69 Å². The molecule has 0 aromatic heterocycles. The molecule has 162 valence electrons. The number of hydrogen-bond acceptors (Lipinski definition) is 5. The number of nitrogens with zero attached hydrogens (tertiary/aromatic N) is 2. The molecule has 1 amide bonds. The Morgan fingerprint density at radius 3 is 2.27 bits per heavy atom. The Balaban J connectivity index is 1.51. The van der Waals surface area contributed by atoms with E-state index in [4.69, 9.17) is 9.47 Å². The molecular weight excluding hydrogens is 378 g/mol. The monoisotopic (exact) mass is 411 g/mol. The van der Waals surface area contributed by atoms with Crippen LogP contribution in [0.2, 0.25) is 0 Å². The quantitative estimate of drug-likeness (QED) is 0.687. The maximum Gasteiger partial charge on any atom is 0.251 e. The second kappa shape index (κ2) is 10.9. The number of benzene rings is 2. The summed E-state index contributed by atoms with van der Waals surface area (Å²) < 4.78 is 11.2. The number of likely N-dealkylation sites (N-methyl/N-ethyl adjacent to an activating group) is 1. The van der Waals surface area contributed by atoms with Crippen molar-refractivity contribution in [3.8, 4) is 11.5 Å². The molecule has 1 saturated heterocycles. The van der Waals surface area contributed by atoms with Crippen molar-refractivity contribution in [3.05, 3.63) is 53.6 Å². The zero-order valence-corrected chi connectivity index (χ0v) is 18.3. The largest absolute Gasteiger partial charge is 0.490 e. The zero-order chi connectivity index (χ0) is 21.3. The molecule has 2 aromatic rings. The molecule has 3 rings (SSSR count). The van der Waals surface area contributed by atoms with Gasteiger partial charge in [-0.1, -0.05) is 12.1 Å². The van der Waals surface area contributed by atoms with Crippen LogP contribution in [0.5, 0.6) is 11.5 Å². The van der Waals surface area contributed by atoms with Crippen LogP contribution in [-0.4, -0.2) is 63.8 Å². The SMILES string of the molecule is CCOc1ccc(C(=O)NCCc2ccc(N3CCN(C)CC3)cc2)cc1OCC. The summed E-state index contributed by atoms with van der Waals surface area (Å²) in [4.78, 5) is 17.3. The molecule has 30 heavy (non-hydrogen) atoms. The fourth-order valence-corrected chi connectivity index (χ4v) is 3.55. The van der Waals surface area contributed by atoms with E-state index in [1.807, 2.05) is 13.8 Å². The molecule has 1 aliphatic heterocycles. The summed E-state index contributed by atoms with van der Waals surface area (Å²) in [5, 5.41) is 3.00. The normalized spacial score (nSPS) is 14.4. The highest BCUT2D eigenvalue weighted by Crippen LogP contribution is 2.28. The predicted octanol–water partition coefficient (Wildman–Crippen LogP) is 3.21. The van der Waals surface area contributed by atoms with Gasteiger partial charge in [-0.3, -0.25) is 4.79 Å². The Labute approximate surface area is 179 Å². The number of ether oxygens (including phenoxy) is 2. The summed E-state index contributed by atoms with van der Waals surface area (Å²) in [6.07, 6.45) is 0.796. The third kappa shape index (κ3) is 5.89. The molecule has 0 atom stereocenters. The number of anilines is 1. The maximum atomic E-state index is 12.5. The van der Waals surface area contributed by atoms with E-state index < -0.39 is 0 Å². The highest BCUT2D eigenvalue weighted by atomic mass is 16.5. The molecule has 6 nitrogen and oxygen atoms in total. The Morgan fingerprint density at radius 1 is 0.933 bits per heavy atom. The standard InChI is InChI=1S/C24H33N3O3/c1-4-29-22-11-8-20(18-23(22)30-5-2)24(28)25-13-12-19-6-9-21(10-7-19)27-16-14-26(3)15-17-27/h6-11,18H,4-5,12-17H2,1-3H3,(H,25,28). The minimum Gasteiger partial charge on any atom is -0.490 e. The average molecular weight is 412 g/mol. The van der Waals surface area contributed by atoms with Gasteiger partial charge in [-0.05, 0) is 63.2 Å². The number of rotatable bonds is 9. The molecule has 1 N–H and O–H groups in total. The minimum absolute atomic E-state index is 0.104. The van der Waals surface area contributed by atoms with E-state index in [1.54, 1.807) is 18.2 Å². The summed E-state index contributed by atoms with van der Waals surface area (Å²) in [7, 11) is 2.17. The number of carbonyl (C=O) groups excluding carboxylic acids is 1.